The summed E-state index contributed by atoms with van der Waals surface area (Å²) >= 11 is 0. The van der Waals surface area contributed by atoms with Crippen LogP contribution in [0.15, 0.2) is 95.3 Å². The van der Waals surface area contributed by atoms with Gasteiger partial charge in [0.15, 0.2) is 0 Å². The maximum absolute atomic E-state index is 12.8. The van der Waals surface area contributed by atoms with Crippen LogP contribution in [0.1, 0.15) is 41.4 Å². The number of carbonyl (C=O) groups excluding carboxylic acids is 2. The van der Waals surface area contributed by atoms with Crippen molar-refractivity contribution in [2.45, 2.75) is 26.3 Å². The third kappa shape index (κ3) is 7.85. The number of carbonyl (C=O) groups is 2. The highest BCUT2D eigenvalue weighted by Gasteiger charge is 2.14. The fourth-order valence-electron chi connectivity index (χ4n) is 2.90. The van der Waals surface area contributed by atoms with Crippen LogP contribution in [-0.2, 0) is 11.3 Å². The van der Waals surface area contributed by atoms with E-state index in [9.17, 15) is 9.59 Å². The highest BCUT2D eigenvalue weighted by molar-refractivity contribution is 6.03. The van der Waals surface area contributed by atoms with E-state index in [1.54, 1.807) is 48.6 Å². The Hall–Kier alpha value is -4.06. The van der Waals surface area contributed by atoms with E-state index in [0.717, 1.165) is 18.4 Å². The van der Waals surface area contributed by atoms with Gasteiger partial charge in [0.1, 0.15) is 17.2 Å². The molecule has 3 aromatic rings. The lowest BCUT2D eigenvalue weighted by atomic mass is 10.2. The summed E-state index contributed by atoms with van der Waals surface area (Å²) in [5.74, 6) is 0.518. The summed E-state index contributed by atoms with van der Waals surface area (Å²) in [7, 11) is 0. The second-order valence-electron chi connectivity index (χ2n) is 7.29. The van der Waals surface area contributed by atoms with Gasteiger partial charge in [-0.15, -0.1) is 0 Å². The highest BCUT2D eigenvalue weighted by Crippen LogP contribution is 2.13. The number of nitrogens with one attached hydrogen (secondary N) is 2. The van der Waals surface area contributed by atoms with Crippen LogP contribution in [0.4, 0.5) is 0 Å². The first-order chi connectivity index (χ1) is 16.2. The van der Waals surface area contributed by atoms with Gasteiger partial charge in [-0.2, -0.15) is 0 Å². The average Bonchev–Trinajstić information content (AvgIpc) is 3.37. The lowest BCUT2D eigenvalue weighted by molar-refractivity contribution is -0.118. The number of hydrogen-bond donors (Lipinski definition) is 2. The van der Waals surface area contributed by atoms with E-state index < -0.39 is 5.91 Å². The molecule has 0 aliphatic rings. The van der Waals surface area contributed by atoms with Crippen LogP contribution in [0.25, 0.3) is 6.08 Å². The molecule has 0 spiro atoms. The van der Waals surface area contributed by atoms with E-state index in [4.69, 9.17) is 9.15 Å². The summed E-state index contributed by atoms with van der Waals surface area (Å²) in [5.41, 5.74) is 1.53. The Morgan fingerprint density at radius 1 is 1.00 bits per heavy atom. The third-order valence-corrected chi connectivity index (χ3v) is 4.73. The smallest absolute Gasteiger partial charge is 0.268 e. The van der Waals surface area contributed by atoms with Crippen molar-refractivity contribution in [3.63, 3.8) is 0 Å². The Bertz CT molecular complexity index is 1070. The third-order valence-electron chi connectivity index (χ3n) is 4.73. The normalized spacial score (nSPS) is 11.4. The van der Waals surface area contributed by atoms with Crippen LogP contribution >= 0.6 is 0 Å². The van der Waals surface area contributed by atoms with Gasteiger partial charge in [-0.05, 0) is 54.5 Å². The van der Waals surface area contributed by atoms with E-state index in [1.165, 1.54) is 6.26 Å². The lowest BCUT2D eigenvalue weighted by Gasteiger charge is -2.11. The van der Waals surface area contributed by atoms with Gasteiger partial charge in [-0.3, -0.25) is 9.59 Å². The summed E-state index contributed by atoms with van der Waals surface area (Å²) in [6.45, 7) is 2.95. The van der Waals surface area contributed by atoms with Gasteiger partial charge in [0, 0.05) is 5.56 Å². The molecule has 0 fully saturated rings. The second kappa shape index (κ2) is 12.7. The summed E-state index contributed by atoms with van der Waals surface area (Å²) in [6.07, 6.45) is 8.72. The molecule has 0 unspecified atom stereocenters. The highest BCUT2D eigenvalue weighted by atomic mass is 16.5. The van der Waals surface area contributed by atoms with E-state index in [-0.39, 0.29) is 18.1 Å². The molecule has 0 bridgehead atoms. The average molecular weight is 445 g/mol. The maximum Gasteiger partial charge on any atom is 0.268 e. The fraction of sp³-hybridized carbons (Fsp3) is 0.185. The van der Waals surface area contributed by atoms with Gasteiger partial charge < -0.3 is 19.8 Å². The zero-order valence-corrected chi connectivity index (χ0v) is 18.6. The first kappa shape index (κ1) is 23.6. The van der Waals surface area contributed by atoms with E-state index in [0.29, 0.717) is 23.7 Å². The molecule has 1 heterocycles. The van der Waals surface area contributed by atoms with Crippen LogP contribution in [0.3, 0.4) is 0 Å². The molecular formula is C27H28N2O4. The molecule has 6 nitrogen and oxygen atoms in total. The zero-order chi connectivity index (χ0) is 23.3. The maximum atomic E-state index is 12.8. The van der Waals surface area contributed by atoms with E-state index in [2.05, 4.69) is 17.6 Å². The SMILES string of the molecule is CCCCOc1ccc(C(=O)NC(=CC=Cc2ccccc2)C(=O)NCc2ccco2)cc1. The van der Waals surface area contributed by atoms with E-state index in [1.807, 2.05) is 36.4 Å². The number of hydrogen-bond acceptors (Lipinski definition) is 4. The predicted molar refractivity (Wildman–Crippen MR) is 128 cm³/mol. The van der Waals surface area contributed by atoms with Crippen molar-refractivity contribution in [1.82, 2.24) is 10.6 Å². The van der Waals surface area contributed by atoms with Gasteiger partial charge >= 0.3 is 0 Å². The minimum Gasteiger partial charge on any atom is -0.494 e. The van der Waals surface area contributed by atoms with Gasteiger partial charge in [-0.25, -0.2) is 0 Å². The molecule has 2 aromatic carbocycles. The quantitative estimate of drug-likeness (QED) is 0.245. The Morgan fingerprint density at radius 3 is 2.48 bits per heavy atom. The molecule has 33 heavy (non-hydrogen) atoms. The zero-order valence-electron chi connectivity index (χ0n) is 18.6. The molecule has 3 rings (SSSR count). The predicted octanol–water partition coefficient (Wildman–Crippen LogP) is 5.10. The topological polar surface area (TPSA) is 80.6 Å². The van der Waals surface area contributed by atoms with Crippen molar-refractivity contribution < 1.29 is 18.7 Å². The molecule has 170 valence electrons. The number of benzene rings is 2. The fourth-order valence-corrected chi connectivity index (χ4v) is 2.90. The van der Waals surface area contributed by atoms with Crippen molar-refractivity contribution in [3.05, 3.63) is 108 Å². The lowest BCUT2D eigenvalue weighted by Crippen LogP contribution is -2.34. The molecule has 0 radical (unpaired) electrons. The van der Waals surface area contributed by atoms with Gasteiger partial charge in [0.2, 0.25) is 0 Å². The van der Waals surface area contributed by atoms with Crippen molar-refractivity contribution in [2.24, 2.45) is 0 Å². The molecule has 2 amide bonds. The van der Waals surface area contributed by atoms with Crippen molar-refractivity contribution in [1.29, 1.82) is 0 Å². The Kier molecular flexibility index (Phi) is 9.09. The molecule has 0 aliphatic carbocycles. The molecule has 2 N–H and O–H groups in total. The number of amides is 2. The van der Waals surface area contributed by atoms with Crippen LogP contribution in [0.5, 0.6) is 5.75 Å². The van der Waals surface area contributed by atoms with Gasteiger partial charge in [0.25, 0.3) is 11.8 Å². The molecule has 0 atom stereocenters. The number of furan rings is 1. The summed E-state index contributed by atoms with van der Waals surface area (Å²) < 4.78 is 10.9. The Morgan fingerprint density at radius 2 is 1.79 bits per heavy atom. The minimum atomic E-state index is -0.419. The van der Waals surface area contributed by atoms with Crippen molar-refractivity contribution in [3.8, 4) is 5.75 Å². The number of unbranched alkanes of at least 4 members (excludes halogenated alkanes) is 1. The second-order valence-corrected chi connectivity index (χ2v) is 7.29. The monoisotopic (exact) mass is 444 g/mol. The summed E-state index contributed by atoms with van der Waals surface area (Å²) in [6, 6.07) is 20.0. The molecular weight excluding hydrogens is 416 g/mol. The largest absolute Gasteiger partial charge is 0.494 e. The minimum absolute atomic E-state index is 0.127. The van der Waals surface area contributed by atoms with Gasteiger partial charge in [-0.1, -0.05) is 55.8 Å². The first-order valence-corrected chi connectivity index (χ1v) is 10.9. The molecule has 1 aromatic heterocycles. The van der Waals surface area contributed by atoms with Crippen LogP contribution in [0.2, 0.25) is 0 Å². The van der Waals surface area contributed by atoms with Gasteiger partial charge in [0.05, 0.1) is 19.4 Å². The standard InChI is InChI=1S/C27H28N2O4/c1-2-3-18-32-23-16-14-22(15-17-23)26(30)29-25(13-7-11-21-9-5-4-6-10-21)27(31)28-20-24-12-8-19-33-24/h4-17,19H,2-3,18,20H2,1H3,(H,28,31)(H,29,30). The number of ether oxygens (including phenoxy) is 1. The van der Waals surface area contributed by atoms with Crippen molar-refractivity contribution in [2.75, 3.05) is 6.61 Å². The molecule has 0 saturated carbocycles. The molecule has 0 saturated heterocycles. The van der Waals surface area contributed by atoms with E-state index >= 15 is 0 Å². The Balaban J connectivity index is 1.69. The van der Waals surface area contributed by atoms with Crippen LogP contribution in [0, 0.1) is 0 Å². The van der Waals surface area contributed by atoms with Crippen LogP contribution < -0.4 is 15.4 Å². The number of allylic oxidation sites excluding steroid dienone is 2. The Labute approximate surface area is 194 Å². The summed E-state index contributed by atoms with van der Waals surface area (Å²) in [5, 5.41) is 5.47. The first-order valence-electron chi connectivity index (χ1n) is 10.9. The molecule has 6 heteroatoms. The summed E-state index contributed by atoms with van der Waals surface area (Å²) in [4.78, 5) is 25.5. The van der Waals surface area contributed by atoms with Crippen LogP contribution in [-0.4, -0.2) is 18.4 Å². The molecule has 0 aliphatic heterocycles. The van der Waals surface area contributed by atoms with Crippen molar-refractivity contribution >= 4 is 17.9 Å². The number of rotatable bonds is 11.